The largest absolute Gasteiger partial charge is 0.459 e. The highest BCUT2D eigenvalue weighted by Crippen LogP contribution is 2.06. The molecule has 1 amide bonds. The van der Waals surface area contributed by atoms with Crippen molar-refractivity contribution in [3.63, 3.8) is 0 Å². The summed E-state index contributed by atoms with van der Waals surface area (Å²) in [5.74, 6) is 0.136. The standard InChI is InChI=1S/C12H12N2O2/c1-9-6-11(16-8-9)12(15)14-7-10-2-4-13-5-3-10/h2-6,8H,7H2,1H3,(H,14,15). The van der Waals surface area contributed by atoms with Gasteiger partial charge in [-0.05, 0) is 36.2 Å². The van der Waals surface area contributed by atoms with Crippen molar-refractivity contribution in [3.05, 3.63) is 53.7 Å². The van der Waals surface area contributed by atoms with Gasteiger partial charge in [0.1, 0.15) is 0 Å². The Bertz CT molecular complexity index is 477. The van der Waals surface area contributed by atoms with Gasteiger partial charge in [0.15, 0.2) is 5.76 Å². The molecule has 2 aromatic heterocycles. The molecule has 1 N–H and O–H groups in total. The highest BCUT2D eigenvalue weighted by molar-refractivity contribution is 5.91. The second kappa shape index (κ2) is 4.61. The first-order valence-corrected chi connectivity index (χ1v) is 4.98. The first-order chi connectivity index (χ1) is 7.75. The lowest BCUT2D eigenvalue weighted by atomic mass is 10.2. The van der Waals surface area contributed by atoms with Crippen LogP contribution in [0.3, 0.4) is 0 Å². The molecule has 0 aliphatic rings. The molecular weight excluding hydrogens is 204 g/mol. The second-order valence-corrected chi connectivity index (χ2v) is 3.53. The molecule has 0 unspecified atom stereocenters. The molecule has 0 radical (unpaired) electrons. The van der Waals surface area contributed by atoms with Crippen LogP contribution in [0, 0.1) is 6.92 Å². The van der Waals surface area contributed by atoms with E-state index in [1.807, 2.05) is 19.1 Å². The zero-order chi connectivity index (χ0) is 11.4. The molecule has 0 aromatic carbocycles. The number of nitrogens with zero attached hydrogens (tertiary/aromatic N) is 1. The van der Waals surface area contributed by atoms with E-state index in [0.29, 0.717) is 12.3 Å². The van der Waals surface area contributed by atoms with Crippen LogP contribution in [0.2, 0.25) is 0 Å². The summed E-state index contributed by atoms with van der Waals surface area (Å²) in [6.07, 6.45) is 4.94. The molecule has 16 heavy (non-hydrogen) atoms. The van der Waals surface area contributed by atoms with Gasteiger partial charge in [-0.15, -0.1) is 0 Å². The minimum absolute atomic E-state index is 0.204. The number of carbonyl (C=O) groups is 1. The summed E-state index contributed by atoms with van der Waals surface area (Å²) in [5, 5.41) is 2.77. The average molecular weight is 216 g/mol. The van der Waals surface area contributed by atoms with Crippen LogP contribution in [0.5, 0.6) is 0 Å². The van der Waals surface area contributed by atoms with E-state index >= 15 is 0 Å². The molecule has 0 atom stereocenters. The van der Waals surface area contributed by atoms with Crippen LogP contribution in [0.1, 0.15) is 21.7 Å². The number of pyridine rings is 1. The molecular formula is C12H12N2O2. The molecule has 0 fully saturated rings. The third-order valence-electron chi connectivity index (χ3n) is 2.16. The number of nitrogens with one attached hydrogen (secondary N) is 1. The smallest absolute Gasteiger partial charge is 0.287 e. The minimum Gasteiger partial charge on any atom is -0.459 e. The van der Waals surface area contributed by atoms with Gasteiger partial charge in [0, 0.05) is 18.9 Å². The molecule has 2 rings (SSSR count). The molecule has 0 bridgehead atoms. The predicted octanol–water partition coefficient (Wildman–Crippen LogP) is 1.91. The summed E-state index contributed by atoms with van der Waals surface area (Å²) in [6.45, 7) is 2.35. The van der Waals surface area contributed by atoms with Gasteiger partial charge in [-0.2, -0.15) is 0 Å². The van der Waals surface area contributed by atoms with E-state index in [9.17, 15) is 4.79 Å². The van der Waals surface area contributed by atoms with Crippen molar-refractivity contribution < 1.29 is 9.21 Å². The Morgan fingerprint density at radius 2 is 2.19 bits per heavy atom. The van der Waals surface area contributed by atoms with Gasteiger partial charge in [-0.1, -0.05) is 0 Å². The van der Waals surface area contributed by atoms with Crippen molar-refractivity contribution >= 4 is 5.91 Å². The van der Waals surface area contributed by atoms with Crippen LogP contribution in [0.4, 0.5) is 0 Å². The Kier molecular flexibility index (Phi) is 3.00. The molecule has 0 aliphatic heterocycles. The molecule has 2 aromatic rings. The molecule has 2 heterocycles. The number of hydrogen-bond donors (Lipinski definition) is 1. The van der Waals surface area contributed by atoms with E-state index in [-0.39, 0.29) is 5.91 Å². The van der Waals surface area contributed by atoms with Crippen LogP contribution in [0.25, 0.3) is 0 Å². The quantitative estimate of drug-likeness (QED) is 0.852. The minimum atomic E-state index is -0.204. The average Bonchev–Trinajstić information content (AvgIpc) is 2.74. The van der Waals surface area contributed by atoms with E-state index in [2.05, 4.69) is 10.3 Å². The van der Waals surface area contributed by atoms with Gasteiger partial charge < -0.3 is 9.73 Å². The van der Waals surface area contributed by atoms with Crippen LogP contribution in [0.15, 0.2) is 41.3 Å². The Morgan fingerprint density at radius 3 is 2.81 bits per heavy atom. The number of furan rings is 1. The van der Waals surface area contributed by atoms with Crippen molar-refractivity contribution in [2.45, 2.75) is 13.5 Å². The van der Waals surface area contributed by atoms with Crippen LogP contribution in [-0.4, -0.2) is 10.9 Å². The number of aryl methyl sites for hydroxylation is 1. The fourth-order valence-electron chi connectivity index (χ4n) is 1.32. The van der Waals surface area contributed by atoms with E-state index < -0.39 is 0 Å². The second-order valence-electron chi connectivity index (χ2n) is 3.53. The lowest BCUT2D eigenvalue weighted by Gasteiger charge is -2.02. The highest BCUT2D eigenvalue weighted by atomic mass is 16.3. The first kappa shape index (κ1) is 10.4. The lowest BCUT2D eigenvalue weighted by Crippen LogP contribution is -2.22. The van der Waals surface area contributed by atoms with Gasteiger partial charge in [0.2, 0.25) is 0 Å². The van der Waals surface area contributed by atoms with Gasteiger partial charge >= 0.3 is 0 Å². The van der Waals surface area contributed by atoms with Crippen molar-refractivity contribution in [2.75, 3.05) is 0 Å². The topological polar surface area (TPSA) is 55.1 Å². The van der Waals surface area contributed by atoms with E-state index in [1.54, 1.807) is 24.7 Å². The predicted molar refractivity (Wildman–Crippen MR) is 58.9 cm³/mol. The zero-order valence-corrected chi connectivity index (χ0v) is 8.93. The molecule has 82 valence electrons. The normalized spacial score (nSPS) is 10.1. The zero-order valence-electron chi connectivity index (χ0n) is 8.93. The molecule has 0 saturated carbocycles. The molecule has 0 spiro atoms. The number of hydrogen-bond acceptors (Lipinski definition) is 3. The van der Waals surface area contributed by atoms with Crippen molar-refractivity contribution in [1.29, 1.82) is 0 Å². The Balaban J connectivity index is 1.94. The van der Waals surface area contributed by atoms with Crippen molar-refractivity contribution in [3.8, 4) is 0 Å². The third-order valence-corrected chi connectivity index (χ3v) is 2.16. The number of aromatic nitrogens is 1. The first-order valence-electron chi connectivity index (χ1n) is 4.98. The number of amides is 1. The fraction of sp³-hybridized carbons (Fsp3) is 0.167. The highest BCUT2D eigenvalue weighted by Gasteiger charge is 2.08. The fourth-order valence-corrected chi connectivity index (χ4v) is 1.32. The van der Waals surface area contributed by atoms with E-state index in [4.69, 9.17) is 4.42 Å². The molecule has 4 nitrogen and oxygen atoms in total. The summed E-state index contributed by atoms with van der Waals surface area (Å²) < 4.78 is 5.09. The Labute approximate surface area is 93.3 Å². The van der Waals surface area contributed by atoms with Crippen molar-refractivity contribution in [2.24, 2.45) is 0 Å². The van der Waals surface area contributed by atoms with E-state index in [1.165, 1.54) is 0 Å². The molecule has 0 saturated heterocycles. The summed E-state index contributed by atoms with van der Waals surface area (Å²) in [6, 6.07) is 5.42. The van der Waals surface area contributed by atoms with Gasteiger partial charge in [0.25, 0.3) is 5.91 Å². The number of rotatable bonds is 3. The van der Waals surface area contributed by atoms with Crippen molar-refractivity contribution in [1.82, 2.24) is 10.3 Å². The van der Waals surface area contributed by atoms with Gasteiger partial charge in [0.05, 0.1) is 6.26 Å². The molecule has 4 heteroatoms. The third kappa shape index (κ3) is 2.48. The van der Waals surface area contributed by atoms with Crippen LogP contribution in [-0.2, 0) is 6.54 Å². The summed E-state index contributed by atoms with van der Waals surface area (Å²) in [4.78, 5) is 15.5. The Hall–Kier alpha value is -2.10. The van der Waals surface area contributed by atoms with Gasteiger partial charge in [-0.25, -0.2) is 0 Å². The van der Waals surface area contributed by atoms with Gasteiger partial charge in [-0.3, -0.25) is 9.78 Å². The summed E-state index contributed by atoms with van der Waals surface area (Å²) in [5.41, 5.74) is 1.95. The monoisotopic (exact) mass is 216 g/mol. The SMILES string of the molecule is Cc1coc(C(=O)NCc2ccncc2)c1. The molecule has 0 aliphatic carbocycles. The lowest BCUT2D eigenvalue weighted by molar-refractivity contribution is 0.0923. The van der Waals surface area contributed by atoms with Crippen LogP contribution < -0.4 is 5.32 Å². The summed E-state index contributed by atoms with van der Waals surface area (Å²) >= 11 is 0. The Morgan fingerprint density at radius 1 is 1.44 bits per heavy atom. The van der Waals surface area contributed by atoms with Crippen LogP contribution >= 0.6 is 0 Å². The maximum Gasteiger partial charge on any atom is 0.287 e. The number of carbonyl (C=O) groups excluding carboxylic acids is 1. The summed E-state index contributed by atoms with van der Waals surface area (Å²) in [7, 11) is 0. The maximum absolute atomic E-state index is 11.6. The van der Waals surface area contributed by atoms with E-state index in [0.717, 1.165) is 11.1 Å². The maximum atomic E-state index is 11.6.